The first kappa shape index (κ1) is 19.6. The van der Waals surface area contributed by atoms with Crippen molar-refractivity contribution in [2.75, 3.05) is 5.32 Å². The molecule has 0 spiro atoms. The summed E-state index contributed by atoms with van der Waals surface area (Å²) in [5.74, 6) is -0.222. The minimum Gasteiger partial charge on any atom is -0.480 e. The second-order valence-corrected chi connectivity index (χ2v) is 7.86. The van der Waals surface area contributed by atoms with Crippen molar-refractivity contribution in [3.05, 3.63) is 72.3 Å². The largest absolute Gasteiger partial charge is 0.480 e. The molecule has 1 aromatic carbocycles. The molecule has 0 bridgehead atoms. The fourth-order valence-electron chi connectivity index (χ4n) is 3.37. The van der Waals surface area contributed by atoms with Crippen LogP contribution in [-0.2, 0) is 16.0 Å². The lowest BCUT2D eigenvalue weighted by atomic mass is 9.74. The van der Waals surface area contributed by atoms with E-state index in [2.05, 4.69) is 20.6 Å². The average molecular weight is 402 g/mol. The lowest BCUT2D eigenvalue weighted by Gasteiger charge is -2.35. The lowest BCUT2D eigenvalue weighted by molar-refractivity contribution is -0.139. The van der Waals surface area contributed by atoms with Gasteiger partial charge in [0, 0.05) is 53.2 Å². The first-order valence-electron chi connectivity index (χ1n) is 9.65. The zero-order valence-corrected chi connectivity index (χ0v) is 16.7. The number of nitrogens with one attached hydrogen (secondary N) is 2. The first-order valence-corrected chi connectivity index (χ1v) is 9.65. The molecular weight excluding hydrogens is 380 g/mol. The highest BCUT2D eigenvalue weighted by Gasteiger charge is 2.40. The van der Waals surface area contributed by atoms with Gasteiger partial charge in [-0.25, -0.2) is 9.78 Å². The van der Waals surface area contributed by atoms with Gasteiger partial charge in [0.15, 0.2) is 5.78 Å². The molecule has 1 aliphatic rings. The summed E-state index contributed by atoms with van der Waals surface area (Å²) in [4.78, 5) is 31.9. The number of aliphatic carboxylic acids is 1. The van der Waals surface area contributed by atoms with Crippen molar-refractivity contribution in [2.45, 2.75) is 26.3 Å². The van der Waals surface area contributed by atoms with Gasteiger partial charge in [-0.2, -0.15) is 0 Å². The zero-order valence-electron chi connectivity index (χ0n) is 16.7. The summed E-state index contributed by atoms with van der Waals surface area (Å²) in [5.41, 5.74) is 1.74. The molecule has 1 unspecified atom stereocenters. The van der Waals surface area contributed by atoms with E-state index in [4.69, 9.17) is 0 Å². The number of rotatable bonds is 7. The van der Waals surface area contributed by atoms with Crippen molar-refractivity contribution in [1.82, 2.24) is 15.3 Å². The number of hydrogen-bond acceptors (Lipinski definition) is 6. The third-order valence-corrected chi connectivity index (χ3v) is 5.41. The summed E-state index contributed by atoms with van der Waals surface area (Å²) in [6, 6.07) is 10.6. The Bertz CT molecular complexity index is 1150. The van der Waals surface area contributed by atoms with E-state index in [0.29, 0.717) is 12.1 Å². The molecule has 3 aromatic rings. The molecular formula is C23H22N4O3. The predicted molar refractivity (Wildman–Crippen MR) is 114 cm³/mol. The van der Waals surface area contributed by atoms with Gasteiger partial charge in [0.25, 0.3) is 0 Å². The maximum absolute atomic E-state index is 11.7. The molecule has 1 aliphatic carbocycles. The van der Waals surface area contributed by atoms with Crippen LogP contribution in [0.4, 0.5) is 11.5 Å². The van der Waals surface area contributed by atoms with E-state index in [0.717, 1.165) is 27.8 Å². The molecule has 0 saturated heterocycles. The Morgan fingerprint density at radius 2 is 1.90 bits per heavy atom. The van der Waals surface area contributed by atoms with Crippen LogP contribution in [0, 0.1) is 5.41 Å². The van der Waals surface area contributed by atoms with E-state index >= 15 is 0 Å². The van der Waals surface area contributed by atoms with Crippen LogP contribution in [-0.4, -0.2) is 32.9 Å². The Hall–Kier alpha value is -3.74. The first-order chi connectivity index (χ1) is 14.3. The molecule has 3 N–H and O–H groups in total. The summed E-state index contributed by atoms with van der Waals surface area (Å²) in [6.45, 7) is 3.57. The van der Waals surface area contributed by atoms with E-state index in [1.54, 1.807) is 32.4 Å². The van der Waals surface area contributed by atoms with Gasteiger partial charge < -0.3 is 15.7 Å². The topological polar surface area (TPSA) is 104 Å². The van der Waals surface area contributed by atoms with Gasteiger partial charge >= 0.3 is 5.97 Å². The number of pyridine rings is 2. The van der Waals surface area contributed by atoms with Crippen LogP contribution < -0.4 is 10.6 Å². The number of carboxylic acids is 1. The molecule has 0 fully saturated rings. The van der Waals surface area contributed by atoms with Crippen molar-refractivity contribution < 1.29 is 14.7 Å². The van der Waals surface area contributed by atoms with Crippen molar-refractivity contribution in [2.24, 2.45) is 5.41 Å². The van der Waals surface area contributed by atoms with E-state index in [-0.39, 0.29) is 5.78 Å². The zero-order chi connectivity index (χ0) is 21.3. The quantitative estimate of drug-likeness (QED) is 0.556. The van der Waals surface area contributed by atoms with Crippen LogP contribution >= 0.6 is 0 Å². The van der Waals surface area contributed by atoms with E-state index < -0.39 is 17.4 Å². The number of fused-ring (bicyclic) bond motifs is 1. The van der Waals surface area contributed by atoms with Crippen molar-refractivity contribution >= 4 is 34.0 Å². The highest BCUT2D eigenvalue weighted by Crippen LogP contribution is 2.35. The number of benzene rings is 1. The number of hydrogen-bond donors (Lipinski definition) is 3. The number of anilines is 2. The summed E-state index contributed by atoms with van der Waals surface area (Å²) < 4.78 is 0. The van der Waals surface area contributed by atoms with Crippen molar-refractivity contribution in [3.63, 3.8) is 0 Å². The van der Waals surface area contributed by atoms with Gasteiger partial charge in [-0.1, -0.05) is 12.1 Å². The minimum absolute atomic E-state index is 0.00222. The number of allylic oxidation sites excluding steroid dienone is 2. The van der Waals surface area contributed by atoms with Crippen molar-refractivity contribution in [3.8, 4) is 0 Å². The number of carbonyl (C=O) groups excluding carboxylic acids is 1. The maximum atomic E-state index is 11.7. The monoisotopic (exact) mass is 402 g/mol. The second kappa shape index (κ2) is 7.59. The Labute approximate surface area is 173 Å². The van der Waals surface area contributed by atoms with Gasteiger partial charge in [-0.05, 0) is 43.7 Å². The van der Waals surface area contributed by atoms with Gasteiger partial charge in [0.2, 0.25) is 0 Å². The predicted octanol–water partition coefficient (Wildman–Crippen LogP) is 3.45. The second-order valence-electron chi connectivity index (χ2n) is 7.86. The Morgan fingerprint density at radius 1 is 1.13 bits per heavy atom. The molecule has 2 heterocycles. The third-order valence-electron chi connectivity index (χ3n) is 5.41. The maximum Gasteiger partial charge on any atom is 0.326 e. The van der Waals surface area contributed by atoms with E-state index in [1.807, 2.05) is 36.4 Å². The number of carbonyl (C=O) groups is 2. The van der Waals surface area contributed by atoms with Crippen LogP contribution in [0.15, 0.2) is 66.8 Å². The highest BCUT2D eigenvalue weighted by molar-refractivity contribution is 6.04. The molecule has 2 aromatic heterocycles. The SMILES string of the molecule is CC1(C)C(=O)C=C1NC(Cc1ccc(Nc2nccc3cnccc23)cc1)C(=O)O. The van der Waals surface area contributed by atoms with Gasteiger partial charge in [-0.15, -0.1) is 0 Å². The summed E-state index contributed by atoms with van der Waals surface area (Å²) in [7, 11) is 0. The van der Waals surface area contributed by atoms with Crippen LogP contribution in [0.5, 0.6) is 0 Å². The standard InChI is InChI=1S/C23H22N4O3/c1-23(2)19(12-20(23)28)27-18(22(29)30)11-14-3-5-16(6-4-14)26-21-17-8-9-24-13-15(17)7-10-25-21/h3-10,12-13,18,27H,11H2,1-2H3,(H,25,26)(H,29,30). The molecule has 0 saturated carbocycles. The number of aromatic nitrogens is 2. The molecule has 4 rings (SSSR count). The molecule has 152 valence electrons. The number of nitrogens with zero attached hydrogens (tertiary/aromatic N) is 2. The lowest BCUT2D eigenvalue weighted by Crippen LogP contribution is -2.48. The van der Waals surface area contributed by atoms with E-state index in [9.17, 15) is 14.7 Å². The van der Waals surface area contributed by atoms with Gasteiger partial charge in [0.05, 0.1) is 5.41 Å². The fraction of sp³-hybridized carbons (Fsp3) is 0.217. The Kier molecular flexibility index (Phi) is 4.95. The molecule has 7 nitrogen and oxygen atoms in total. The van der Waals surface area contributed by atoms with Crippen LogP contribution in [0.2, 0.25) is 0 Å². The molecule has 0 aliphatic heterocycles. The van der Waals surface area contributed by atoms with Gasteiger partial charge in [0.1, 0.15) is 11.9 Å². The van der Waals surface area contributed by atoms with Crippen molar-refractivity contribution in [1.29, 1.82) is 0 Å². The Morgan fingerprint density at radius 3 is 2.57 bits per heavy atom. The summed E-state index contributed by atoms with van der Waals surface area (Å²) in [5, 5.41) is 17.9. The fourth-order valence-corrected chi connectivity index (χ4v) is 3.37. The van der Waals surface area contributed by atoms with Crippen LogP contribution in [0.25, 0.3) is 10.8 Å². The summed E-state index contributed by atoms with van der Waals surface area (Å²) in [6.07, 6.45) is 7.01. The summed E-state index contributed by atoms with van der Waals surface area (Å²) >= 11 is 0. The molecule has 30 heavy (non-hydrogen) atoms. The molecule has 0 radical (unpaired) electrons. The number of ketones is 1. The smallest absolute Gasteiger partial charge is 0.326 e. The molecule has 7 heteroatoms. The third kappa shape index (κ3) is 3.74. The highest BCUT2D eigenvalue weighted by atomic mass is 16.4. The average Bonchev–Trinajstić information content (AvgIpc) is 2.74. The Balaban J connectivity index is 1.47. The molecule has 1 atom stereocenters. The minimum atomic E-state index is -0.957. The molecule has 0 amide bonds. The van der Waals surface area contributed by atoms with Crippen LogP contribution in [0.3, 0.4) is 0 Å². The van der Waals surface area contributed by atoms with Gasteiger partial charge in [-0.3, -0.25) is 9.78 Å². The normalized spacial score (nSPS) is 15.8. The number of carboxylic acid groups (broad SMARTS) is 1. The van der Waals surface area contributed by atoms with Crippen LogP contribution in [0.1, 0.15) is 19.4 Å². The van der Waals surface area contributed by atoms with E-state index in [1.165, 1.54) is 6.08 Å².